The highest BCUT2D eigenvalue weighted by Crippen LogP contribution is 2.27. The van der Waals surface area contributed by atoms with Crippen LogP contribution >= 0.6 is 11.6 Å². The average molecular weight is 406 g/mol. The summed E-state index contributed by atoms with van der Waals surface area (Å²) in [5, 5.41) is 14.8. The van der Waals surface area contributed by atoms with E-state index in [9.17, 15) is 14.7 Å². The molecule has 144 valence electrons. The number of nitrogens with one attached hydrogen (secondary N) is 1. The fourth-order valence-corrected chi connectivity index (χ4v) is 3.22. The third-order valence-electron chi connectivity index (χ3n) is 4.41. The standard InChI is InChI=1S/C22H15ClN2O4/c1-13-18(21(26)25(24-13)15-5-3-2-4-6-15)12-16-8-10-20(29-16)14-7-9-17(22(27)28)19(23)11-14/h2-12,24H,1H2,(H,27,28)/p-1/b18-12-. The average Bonchev–Trinajstić information content (AvgIpc) is 3.28. The molecule has 0 aliphatic carbocycles. The lowest BCUT2D eigenvalue weighted by molar-refractivity contribution is -0.255. The Bertz CT molecular complexity index is 1380. The van der Waals surface area contributed by atoms with Gasteiger partial charge in [0.1, 0.15) is 11.5 Å². The fourth-order valence-electron chi connectivity index (χ4n) is 2.96. The van der Waals surface area contributed by atoms with Crippen LogP contribution < -0.4 is 21.2 Å². The van der Waals surface area contributed by atoms with Crippen LogP contribution in [0.1, 0.15) is 16.1 Å². The third-order valence-corrected chi connectivity index (χ3v) is 4.72. The number of carbonyl (C=O) groups is 1. The number of halogens is 1. The van der Waals surface area contributed by atoms with Gasteiger partial charge in [-0.3, -0.25) is 9.89 Å². The minimum Gasteiger partial charge on any atom is -0.545 e. The van der Waals surface area contributed by atoms with Gasteiger partial charge in [0.05, 0.1) is 27.2 Å². The van der Waals surface area contributed by atoms with Gasteiger partial charge < -0.3 is 14.3 Å². The first-order valence-corrected chi connectivity index (χ1v) is 9.00. The molecule has 1 N–H and O–H groups in total. The molecular formula is C22H14ClN2O4-. The van der Waals surface area contributed by atoms with Crippen LogP contribution in [0.2, 0.25) is 5.02 Å². The molecule has 0 unspecified atom stereocenters. The monoisotopic (exact) mass is 405 g/mol. The second-order valence-electron chi connectivity index (χ2n) is 6.31. The van der Waals surface area contributed by atoms with E-state index < -0.39 is 5.97 Å². The van der Waals surface area contributed by atoms with E-state index in [-0.39, 0.29) is 16.1 Å². The molecule has 2 heterocycles. The van der Waals surface area contributed by atoms with E-state index in [0.717, 1.165) is 0 Å². The molecule has 0 saturated heterocycles. The minimum absolute atomic E-state index is 0.0563. The van der Waals surface area contributed by atoms with Gasteiger partial charge in [-0.1, -0.05) is 48.5 Å². The Hall–Kier alpha value is -3.77. The molecule has 0 amide bonds. The quantitative estimate of drug-likeness (QED) is 0.559. The van der Waals surface area contributed by atoms with Gasteiger partial charge in [0.15, 0.2) is 0 Å². The van der Waals surface area contributed by atoms with Crippen LogP contribution in [-0.4, -0.2) is 15.7 Å². The Morgan fingerprint density at radius 2 is 1.90 bits per heavy atom. The van der Waals surface area contributed by atoms with E-state index in [1.54, 1.807) is 24.3 Å². The van der Waals surface area contributed by atoms with Gasteiger partial charge >= 0.3 is 0 Å². The third kappa shape index (κ3) is 3.53. The molecule has 4 aromatic rings. The zero-order valence-corrected chi connectivity index (χ0v) is 15.8. The number of para-hydroxylation sites is 1. The molecule has 0 aliphatic rings. The van der Waals surface area contributed by atoms with Crippen molar-refractivity contribution in [2.75, 3.05) is 0 Å². The number of H-pyrrole nitrogens is 1. The number of aromatic carboxylic acids is 1. The van der Waals surface area contributed by atoms with Crippen molar-refractivity contribution < 1.29 is 14.3 Å². The number of rotatable bonds is 4. The summed E-state index contributed by atoms with van der Waals surface area (Å²) in [5.41, 5.74) is 0.958. The van der Waals surface area contributed by atoms with Gasteiger partial charge in [-0.2, -0.15) is 0 Å². The topological polar surface area (TPSA) is 91.1 Å². The van der Waals surface area contributed by atoms with Gasteiger partial charge in [-0.15, -0.1) is 0 Å². The fraction of sp³-hybridized carbons (Fsp3) is 0. The Labute approximate surface area is 169 Å². The van der Waals surface area contributed by atoms with Crippen molar-refractivity contribution in [1.82, 2.24) is 9.78 Å². The highest BCUT2D eigenvalue weighted by atomic mass is 35.5. The van der Waals surface area contributed by atoms with Crippen molar-refractivity contribution in [2.24, 2.45) is 0 Å². The number of carboxylic acids is 1. The zero-order chi connectivity index (χ0) is 20.5. The first kappa shape index (κ1) is 18.6. The van der Waals surface area contributed by atoms with Crippen molar-refractivity contribution in [3.63, 3.8) is 0 Å². The smallest absolute Gasteiger partial charge is 0.279 e. The van der Waals surface area contributed by atoms with Crippen molar-refractivity contribution in [2.45, 2.75) is 0 Å². The molecule has 0 saturated carbocycles. The molecule has 0 aliphatic heterocycles. The molecule has 0 radical (unpaired) electrons. The normalized spacial score (nSPS) is 11.7. The van der Waals surface area contributed by atoms with Crippen LogP contribution in [-0.2, 0) is 0 Å². The van der Waals surface area contributed by atoms with Crippen LogP contribution in [0.3, 0.4) is 0 Å². The first-order chi connectivity index (χ1) is 13.9. The molecule has 0 bridgehead atoms. The van der Waals surface area contributed by atoms with Gasteiger partial charge in [-0.05, 0) is 36.4 Å². The van der Waals surface area contributed by atoms with Crippen LogP contribution in [0.25, 0.3) is 29.7 Å². The van der Waals surface area contributed by atoms with Crippen LogP contribution in [0, 0.1) is 0 Å². The summed E-state index contributed by atoms with van der Waals surface area (Å²) in [6.45, 7) is 3.90. The van der Waals surface area contributed by atoms with Gasteiger partial charge in [0, 0.05) is 11.1 Å². The number of benzene rings is 2. The number of furan rings is 1. The Morgan fingerprint density at radius 1 is 1.14 bits per heavy atom. The number of nitrogens with zero attached hydrogens (tertiary/aromatic N) is 1. The summed E-state index contributed by atoms with van der Waals surface area (Å²) < 4.78 is 7.20. The molecule has 2 aromatic heterocycles. The Morgan fingerprint density at radius 3 is 2.59 bits per heavy atom. The second kappa shape index (κ2) is 7.33. The molecule has 4 rings (SSSR count). The molecule has 0 atom stereocenters. The van der Waals surface area contributed by atoms with Crippen molar-refractivity contribution >= 4 is 30.2 Å². The van der Waals surface area contributed by atoms with E-state index in [4.69, 9.17) is 16.0 Å². The number of aromatic amines is 1. The largest absolute Gasteiger partial charge is 0.545 e. The molecule has 2 aromatic carbocycles. The molecule has 6 nitrogen and oxygen atoms in total. The van der Waals surface area contributed by atoms with Gasteiger partial charge in [0.2, 0.25) is 0 Å². The highest BCUT2D eigenvalue weighted by molar-refractivity contribution is 6.33. The summed E-state index contributed by atoms with van der Waals surface area (Å²) in [7, 11) is 0. The van der Waals surface area contributed by atoms with Crippen molar-refractivity contribution in [1.29, 1.82) is 0 Å². The van der Waals surface area contributed by atoms with Gasteiger partial charge in [-0.25, -0.2) is 4.68 Å². The lowest BCUT2D eigenvalue weighted by Crippen LogP contribution is -2.33. The molecule has 29 heavy (non-hydrogen) atoms. The number of carbonyl (C=O) groups excluding carboxylic acids is 1. The minimum atomic E-state index is -1.35. The number of hydrogen-bond acceptors (Lipinski definition) is 4. The highest BCUT2D eigenvalue weighted by Gasteiger charge is 2.09. The number of hydrogen-bond donors (Lipinski definition) is 1. The van der Waals surface area contributed by atoms with Crippen LogP contribution in [0.15, 0.2) is 69.9 Å². The van der Waals surface area contributed by atoms with E-state index in [0.29, 0.717) is 33.3 Å². The number of carboxylic acid groups (broad SMARTS) is 1. The maximum atomic E-state index is 12.8. The molecular weight excluding hydrogens is 392 g/mol. The predicted octanol–water partition coefficient (Wildman–Crippen LogP) is 1.68. The van der Waals surface area contributed by atoms with E-state index in [1.807, 2.05) is 30.3 Å². The zero-order valence-electron chi connectivity index (χ0n) is 15.0. The van der Waals surface area contributed by atoms with E-state index in [2.05, 4.69) is 11.7 Å². The van der Waals surface area contributed by atoms with Crippen LogP contribution in [0.4, 0.5) is 0 Å². The van der Waals surface area contributed by atoms with Crippen molar-refractivity contribution in [3.05, 3.63) is 97.9 Å². The second-order valence-corrected chi connectivity index (χ2v) is 6.72. The molecule has 0 fully saturated rings. The Balaban J connectivity index is 1.73. The predicted molar refractivity (Wildman–Crippen MR) is 108 cm³/mol. The van der Waals surface area contributed by atoms with Gasteiger partial charge in [0.25, 0.3) is 5.56 Å². The lowest BCUT2D eigenvalue weighted by Gasteiger charge is -2.06. The van der Waals surface area contributed by atoms with E-state index >= 15 is 0 Å². The summed E-state index contributed by atoms with van der Waals surface area (Å²) in [6.07, 6.45) is 1.60. The summed E-state index contributed by atoms with van der Waals surface area (Å²) in [5.74, 6) is -0.422. The van der Waals surface area contributed by atoms with Crippen molar-refractivity contribution in [3.8, 4) is 17.0 Å². The molecule has 0 spiro atoms. The summed E-state index contributed by atoms with van der Waals surface area (Å²) in [4.78, 5) is 23.7. The summed E-state index contributed by atoms with van der Waals surface area (Å²) in [6, 6.07) is 17.0. The SMILES string of the molecule is C=c1[nH]n(-c2ccccc2)c(=O)/c1=C\c1ccc(-c2ccc(C(=O)[O-])c(Cl)c2)o1. The Kier molecular flexibility index (Phi) is 4.70. The molecule has 7 heteroatoms. The maximum absolute atomic E-state index is 12.8. The first-order valence-electron chi connectivity index (χ1n) is 8.62. The maximum Gasteiger partial charge on any atom is 0.279 e. The lowest BCUT2D eigenvalue weighted by atomic mass is 10.1. The van der Waals surface area contributed by atoms with E-state index in [1.165, 1.54) is 16.8 Å². The van der Waals surface area contributed by atoms with Crippen LogP contribution in [0.5, 0.6) is 0 Å². The number of aromatic nitrogens is 2. The summed E-state index contributed by atoms with van der Waals surface area (Å²) >= 11 is 5.99.